The van der Waals surface area contributed by atoms with Crippen LogP contribution in [0.4, 0.5) is 0 Å². The van der Waals surface area contributed by atoms with Gasteiger partial charge in [-0.3, -0.25) is 10.2 Å². The third-order valence-corrected chi connectivity index (χ3v) is 10.6. The second kappa shape index (κ2) is 8.81. The van der Waals surface area contributed by atoms with Gasteiger partial charge in [-0.25, -0.2) is 17.7 Å². The number of carbonyl (C=O) groups is 1. The number of hydrogen-bond acceptors (Lipinski definition) is 5. The van der Waals surface area contributed by atoms with E-state index in [1.54, 1.807) is 11.4 Å². The van der Waals surface area contributed by atoms with Gasteiger partial charge in [0, 0.05) is 39.3 Å². The fraction of sp³-hybridized carbons (Fsp3) is 0.952. The molecule has 4 aliphatic rings. The Kier molecular flexibility index (Phi) is 6.54. The van der Waals surface area contributed by atoms with Crippen LogP contribution in [0, 0.1) is 23.7 Å². The standard InChI is InChI=1S/C21H38N4O3S/c1-15-3-5-18(6-4-15)29(27,28)24-10-7-16(8-11-24)17-9-12-25-20(13-17)19(14-23-25)21(26)22-2/h15-20,23H,3-14H2,1-2H3,(H,22,26). The van der Waals surface area contributed by atoms with Gasteiger partial charge in [0.1, 0.15) is 0 Å². The van der Waals surface area contributed by atoms with Crippen molar-refractivity contribution in [3.63, 3.8) is 0 Å². The Hall–Kier alpha value is -0.700. The van der Waals surface area contributed by atoms with Gasteiger partial charge in [-0.2, -0.15) is 0 Å². The third kappa shape index (κ3) is 4.36. The second-order valence-electron chi connectivity index (χ2n) is 9.79. The average molecular weight is 427 g/mol. The Balaban J connectivity index is 1.32. The molecule has 0 spiro atoms. The van der Waals surface area contributed by atoms with E-state index in [9.17, 15) is 13.2 Å². The summed E-state index contributed by atoms with van der Waals surface area (Å²) < 4.78 is 28.0. The molecule has 2 N–H and O–H groups in total. The molecule has 0 aromatic rings. The molecular formula is C21H38N4O3S. The maximum absolute atomic E-state index is 13.1. The number of hydrogen-bond donors (Lipinski definition) is 2. The highest BCUT2D eigenvalue weighted by molar-refractivity contribution is 7.89. The van der Waals surface area contributed by atoms with Crippen molar-refractivity contribution in [2.75, 3.05) is 33.2 Å². The lowest BCUT2D eigenvalue weighted by Crippen LogP contribution is -2.50. The molecule has 3 heterocycles. The van der Waals surface area contributed by atoms with E-state index in [0.29, 0.717) is 30.8 Å². The Labute approximate surface area is 176 Å². The molecular weight excluding hydrogens is 388 g/mol. The number of piperidine rings is 2. The molecule has 3 atom stereocenters. The van der Waals surface area contributed by atoms with Crippen molar-refractivity contribution in [1.29, 1.82) is 0 Å². The van der Waals surface area contributed by atoms with Gasteiger partial charge >= 0.3 is 0 Å². The zero-order valence-electron chi connectivity index (χ0n) is 18.0. The van der Waals surface area contributed by atoms with Gasteiger partial charge in [-0.05, 0) is 69.1 Å². The first-order valence-electron chi connectivity index (χ1n) is 11.6. The molecule has 0 radical (unpaired) electrons. The van der Waals surface area contributed by atoms with Crippen LogP contribution in [0.25, 0.3) is 0 Å². The number of amides is 1. The minimum Gasteiger partial charge on any atom is -0.359 e. The zero-order valence-corrected chi connectivity index (χ0v) is 18.8. The Morgan fingerprint density at radius 3 is 2.28 bits per heavy atom. The smallest absolute Gasteiger partial charge is 0.225 e. The Morgan fingerprint density at radius 2 is 1.62 bits per heavy atom. The zero-order chi connectivity index (χ0) is 20.6. The second-order valence-corrected chi connectivity index (χ2v) is 12.0. The molecule has 3 aliphatic heterocycles. The molecule has 0 bridgehead atoms. The summed E-state index contributed by atoms with van der Waals surface area (Å²) in [6.45, 7) is 5.31. The minimum atomic E-state index is -3.14. The fourth-order valence-electron chi connectivity index (χ4n) is 6.18. The number of nitrogens with zero attached hydrogens (tertiary/aromatic N) is 2. The molecule has 1 amide bonds. The predicted molar refractivity (Wildman–Crippen MR) is 113 cm³/mol. The molecule has 1 saturated carbocycles. The third-order valence-electron chi connectivity index (χ3n) is 8.16. The van der Waals surface area contributed by atoms with E-state index in [4.69, 9.17) is 0 Å². The topological polar surface area (TPSA) is 81.8 Å². The van der Waals surface area contributed by atoms with Gasteiger partial charge in [0.25, 0.3) is 0 Å². The van der Waals surface area contributed by atoms with Gasteiger partial charge in [0.05, 0.1) is 11.2 Å². The van der Waals surface area contributed by atoms with E-state index in [0.717, 1.165) is 64.5 Å². The maximum Gasteiger partial charge on any atom is 0.225 e. The molecule has 29 heavy (non-hydrogen) atoms. The van der Waals surface area contributed by atoms with Crippen LogP contribution in [-0.4, -0.2) is 68.2 Å². The van der Waals surface area contributed by atoms with E-state index in [1.165, 1.54) is 0 Å². The molecule has 4 rings (SSSR count). The van der Waals surface area contributed by atoms with Crippen LogP contribution in [-0.2, 0) is 14.8 Å². The number of fused-ring (bicyclic) bond motifs is 1. The molecule has 166 valence electrons. The molecule has 3 saturated heterocycles. The quantitative estimate of drug-likeness (QED) is 0.713. The molecule has 3 unspecified atom stereocenters. The highest BCUT2D eigenvalue weighted by Gasteiger charge is 2.44. The number of nitrogens with one attached hydrogen (secondary N) is 2. The summed E-state index contributed by atoms with van der Waals surface area (Å²) in [5.74, 6) is 2.01. The lowest BCUT2D eigenvalue weighted by molar-refractivity contribution is -0.125. The molecule has 0 aromatic carbocycles. The van der Waals surface area contributed by atoms with Gasteiger partial charge in [-0.15, -0.1) is 0 Å². The highest BCUT2D eigenvalue weighted by atomic mass is 32.2. The minimum absolute atomic E-state index is 0.0250. The van der Waals surface area contributed by atoms with Crippen molar-refractivity contribution >= 4 is 15.9 Å². The first kappa shape index (κ1) is 21.5. The average Bonchev–Trinajstić information content (AvgIpc) is 3.17. The van der Waals surface area contributed by atoms with Crippen LogP contribution < -0.4 is 10.7 Å². The predicted octanol–water partition coefficient (Wildman–Crippen LogP) is 1.57. The highest BCUT2D eigenvalue weighted by Crippen LogP contribution is 2.39. The normalized spacial score (nSPS) is 37.9. The summed E-state index contributed by atoms with van der Waals surface area (Å²) in [6, 6.07) is 0.277. The van der Waals surface area contributed by atoms with Crippen LogP contribution in [0.2, 0.25) is 0 Å². The van der Waals surface area contributed by atoms with Crippen molar-refractivity contribution in [3.8, 4) is 0 Å². The fourth-order valence-corrected chi connectivity index (χ4v) is 8.19. The number of carbonyl (C=O) groups excluding carboxylic acids is 1. The van der Waals surface area contributed by atoms with E-state index in [-0.39, 0.29) is 23.1 Å². The molecule has 7 nitrogen and oxygen atoms in total. The first-order chi connectivity index (χ1) is 13.9. The molecule has 0 aromatic heterocycles. The largest absolute Gasteiger partial charge is 0.359 e. The SMILES string of the molecule is CNC(=O)C1CNN2CCC(C3CCN(S(=O)(=O)C4CCC(C)CC4)CC3)CC12. The summed E-state index contributed by atoms with van der Waals surface area (Å²) in [4.78, 5) is 12.2. The van der Waals surface area contributed by atoms with Crippen molar-refractivity contribution in [2.45, 2.75) is 69.6 Å². The Morgan fingerprint density at radius 1 is 0.966 bits per heavy atom. The van der Waals surface area contributed by atoms with Crippen molar-refractivity contribution in [1.82, 2.24) is 20.1 Å². The van der Waals surface area contributed by atoms with Crippen LogP contribution in [0.5, 0.6) is 0 Å². The van der Waals surface area contributed by atoms with Crippen LogP contribution >= 0.6 is 0 Å². The maximum atomic E-state index is 13.1. The Bertz CT molecular complexity index is 684. The van der Waals surface area contributed by atoms with Crippen LogP contribution in [0.3, 0.4) is 0 Å². The van der Waals surface area contributed by atoms with Crippen molar-refractivity contribution < 1.29 is 13.2 Å². The van der Waals surface area contributed by atoms with Gasteiger partial charge in [-0.1, -0.05) is 6.92 Å². The van der Waals surface area contributed by atoms with Gasteiger partial charge < -0.3 is 5.32 Å². The van der Waals surface area contributed by atoms with Crippen LogP contribution in [0.1, 0.15) is 58.3 Å². The van der Waals surface area contributed by atoms with E-state index in [1.807, 2.05) is 0 Å². The van der Waals surface area contributed by atoms with Crippen molar-refractivity contribution in [2.24, 2.45) is 23.7 Å². The summed E-state index contributed by atoms with van der Waals surface area (Å²) >= 11 is 0. The molecule has 8 heteroatoms. The summed E-state index contributed by atoms with van der Waals surface area (Å²) in [5.41, 5.74) is 3.40. The van der Waals surface area contributed by atoms with E-state index < -0.39 is 10.0 Å². The van der Waals surface area contributed by atoms with Crippen LogP contribution in [0.15, 0.2) is 0 Å². The number of sulfonamides is 1. The number of hydrazine groups is 1. The van der Waals surface area contributed by atoms with E-state index >= 15 is 0 Å². The number of rotatable bonds is 4. The lowest BCUT2D eigenvalue weighted by atomic mass is 9.75. The van der Waals surface area contributed by atoms with Crippen molar-refractivity contribution in [3.05, 3.63) is 0 Å². The summed E-state index contributed by atoms with van der Waals surface area (Å²) in [6.07, 6.45) is 7.87. The molecule has 4 fully saturated rings. The van der Waals surface area contributed by atoms with E-state index in [2.05, 4.69) is 22.7 Å². The monoisotopic (exact) mass is 426 g/mol. The summed E-state index contributed by atoms with van der Waals surface area (Å²) in [5, 5.41) is 4.92. The molecule has 1 aliphatic carbocycles. The summed E-state index contributed by atoms with van der Waals surface area (Å²) in [7, 11) is -1.42. The van der Waals surface area contributed by atoms with Gasteiger partial charge in [0.15, 0.2) is 0 Å². The van der Waals surface area contributed by atoms with Gasteiger partial charge in [0.2, 0.25) is 15.9 Å². The lowest BCUT2D eigenvalue weighted by Gasteiger charge is -2.42. The first-order valence-corrected chi connectivity index (χ1v) is 13.1.